The molecular formula is C17H13NO. The van der Waals surface area contributed by atoms with Crippen LogP contribution >= 0.6 is 0 Å². The molecule has 19 heavy (non-hydrogen) atoms. The molecule has 0 radical (unpaired) electrons. The number of allylic oxidation sites excluding steroid dienone is 1. The van der Waals surface area contributed by atoms with E-state index in [4.69, 9.17) is 4.74 Å². The average molecular weight is 247 g/mol. The summed E-state index contributed by atoms with van der Waals surface area (Å²) in [5, 5.41) is 3.51. The maximum atomic E-state index is 5.88. The average Bonchev–Trinajstić information content (AvgIpc) is 2.72. The van der Waals surface area contributed by atoms with Crippen LogP contribution in [0.25, 0.3) is 21.7 Å². The van der Waals surface area contributed by atoms with Crippen LogP contribution in [0.5, 0.6) is 5.75 Å². The van der Waals surface area contributed by atoms with Gasteiger partial charge in [0.25, 0.3) is 0 Å². The van der Waals surface area contributed by atoms with Crippen molar-refractivity contribution in [3.05, 3.63) is 60.3 Å². The van der Waals surface area contributed by atoms with Gasteiger partial charge in [-0.1, -0.05) is 42.5 Å². The zero-order chi connectivity index (χ0) is 12.7. The molecule has 0 spiro atoms. The molecule has 0 saturated heterocycles. The Bertz CT molecular complexity index is 805. The fourth-order valence-electron chi connectivity index (χ4n) is 2.68. The molecule has 0 saturated carbocycles. The van der Waals surface area contributed by atoms with Crippen LogP contribution in [-0.4, -0.2) is 11.6 Å². The van der Waals surface area contributed by atoms with Crippen LogP contribution in [0.2, 0.25) is 0 Å². The third-order valence-corrected chi connectivity index (χ3v) is 3.61. The van der Waals surface area contributed by atoms with E-state index in [0.717, 1.165) is 28.6 Å². The molecule has 2 nitrogen and oxygen atoms in total. The Morgan fingerprint density at radius 2 is 1.89 bits per heavy atom. The van der Waals surface area contributed by atoms with Gasteiger partial charge in [-0.15, -0.1) is 0 Å². The van der Waals surface area contributed by atoms with Crippen LogP contribution < -0.4 is 4.74 Å². The second kappa shape index (κ2) is 4.09. The Balaban J connectivity index is 2.10. The van der Waals surface area contributed by atoms with Gasteiger partial charge in [0.2, 0.25) is 0 Å². The third-order valence-electron chi connectivity index (χ3n) is 3.61. The Labute approximate surface area is 111 Å². The molecule has 2 aromatic carbocycles. The van der Waals surface area contributed by atoms with E-state index in [1.807, 2.05) is 6.20 Å². The summed E-state index contributed by atoms with van der Waals surface area (Å²) in [6, 6.07) is 12.6. The van der Waals surface area contributed by atoms with Crippen molar-refractivity contribution in [2.75, 3.05) is 6.61 Å². The van der Waals surface area contributed by atoms with Gasteiger partial charge in [0.1, 0.15) is 12.4 Å². The number of pyridine rings is 1. The smallest absolute Gasteiger partial charge is 0.134 e. The molecule has 2 heteroatoms. The molecule has 1 aliphatic heterocycles. The van der Waals surface area contributed by atoms with Gasteiger partial charge in [0.05, 0.1) is 5.52 Å². The minimum atomic E-state index is 0.638. The fraction of sp³-hybridized carbons (Fsp3) is 0.118. The first-order chi connectivity index (χ1) is 9.43. The summed E-state index contributed by atoms with van der Waals surface area (Å²) in [6.07, 6.45) is 7.04. The van der Waals surface area contributed by atoms with Gasteiger partial charge in [-0.05, 0) is 17.9 Å². The van der Waals surface area contributed by atoms with E-state index in [-0.39, 0.29) is 0 Å². The zero-order valence-corrected chi connectivity index (χ0v) is 10.5. The van der Waals surface area contributed by atoms with E-state index >= 15 is 0 Å². The highest BCUT2D eigenvalue weighted by atomic mass is 16.5. The van der Waals surface area contributed by atoms with Crippen molar-refractivity contribution in [1.82, 2.24) is 4.98 Å². The SMILES string of the molecule is C1=CCc2cnc3c(ccc4ccccc43)c2OC1. The summed E-state index contributed by atoms with van der Waals surface area (Å²) >= 11 is 0. The van der Waals surface area contributed by atoms with Gasteiger partial charge in [-0.25, -0.2) is 0 Å². The van der Waals surface area contributed by atoms with Crippen molar-refractivity contribution in [1.29, 1.82) is 0 Å². The van der Waals surface area contributed by atoms with E-state index in [2.05, 4.69) is 53.5 Å². The van der Waals surface area contributed by atoms with Crippen molar-refractivity contribution in [2.24, 2.45) is 0 Å². The minimum Gasteiger partial charge on any atom is -0.488 e. The van der Waals surface area contributed by atoms with E-state index in [1.165, 1.54) is 10.8 Å². The molecule has 1 aromatic heterocycles. The molecular weight excluding hydrogens is 234 g/mol. The molecule has 0 N–H and O–H groups in total. The first-order valence-electron chi connectivity index (χ1n) is 6.50. The van der Waals surface area contributed by atoms with Crippen molar-refractivity contribution < 1.29 is 4.74 Å². The number of rotatable bonds is 0. The lowest BCUT2D eigenvalue weighted by Gasteiger charge is -2.11. The summed E-state index contributed by atoms with van der Waals surface area (Å²) in [5.41, 5.74) is 2.19. The number of nitrogens with zero attached hydrogens (tertiary/aromatic N) is 1. The Hall–Kier alpha value is -2.35. The zero-order valence-electron chi connectivity index (χ0n) is 10.5. The van der Waals surface area contributed by atoms with E-state index < -0.39 is 0 Å². The number of hydrogen-bond donors (Lipinski definition) is 0. The fourth-order valence-corrected chi connectivity index (χ4v) is 2.68. The lowest BCUT2D eigenvalue weighted by atomic mass is 10.0. The maximum absolute atomic E-state index is 5.88. The molecule has 0 amide bonds. The molecule has 0 unspecified atom stereocenters. The summed E-state index contributed by atoms with van der Waals surface area (Å²) in [7, 11) is 0. The summed E-state index contributed by atoms with van der Waals surface area (Å²) in [6.45, 7) is 0.638. The lowest BCUT2D eigenvalue weighted by Crippen LogP contribution is -1.97. The second-order valence-electron chi connectivity index (χ2n) is 4.78. The first kappa shape index (κ1) is 10.6. The highest BCUT2D eigenvalue weighted by Gasteiger charge is 2.12. The van der Waals surface area contributed by atoms with Crippen LogP contribution in [-0.2, 0) is 6.42 Å². The Morgan fingerprint density at radius 1 is 0.947 bits per heavy atom. The van der Waals surface area contributed by atoms with Crippen molar-refractivity contribution >= 4 is 21.7 Å². The van der Waals surface area contributed by atoms with Gasteiger partial charge in [-0.2, -0.15) is 0 Å². The van der Waals surface area contributed by atoms with Crippen LogP contribution in [0.15, 0.2) is 54.7 Å². The van der Waals surface area contributed by atoms with E-state index in [0.29, 0.717) is 6.61 Å². The number of benzene rings is 2. The second-order valence-corrected chi connectivity index (χ2v) is 4.78. The number of ether oxygens (including phenoxy) is 1. The topological polar surface area (TPSA) is 22.1 Å². The van der Waals surface area contributed by atoms with Crippen LogP contribution in [0.4, 0.5) is 0 Å². The predicted molar refractivity (Wildman–Crippen MR) is 77.6 cm³/mol. The summed E-state index contributed by atoms with van der Waals surface area (Å²) < 4.78 is 5.88. The van der Waals surface area contributed by atoms with Gasteiger partial charge in [0.15, 0.2) is 0 Å². The van der Waals surface area contributed by atoms with E-state index in [9.17, 15) is 0 Å². The van der Waals surface area contributed by atoms with Crippen LogP contribution in [0.3, 0.4) is 0 Å². The van der Waals surface area contributed by atoms with Gasteiger partial charge >= 0.3 is 0 Å². The number of aromatic nitrogens is 1. The largest absolute Gasteiger partial charge is 0.488 e. The molecule has 0 bridgehead atoms. The Morgan fingerprint density at radius 3 is 2.89 bits per heavy atom. The highest BCUT2D eigenvalue weighted by Crippen LogP contribution is 2.33. The highest BCUT2D eigenvalue weighted by molar-refractivity contribution is 6.07. The molecule has 4 rings (SSSR count). The van der Waals surface area contributed by atoms with Crippen LogP contribution in [0.1, 0.15) is 5.56 Å². The van der Waals surface area contributed by atoms with Gasteiger partial charge in [-0.3, -0.25) is 4.98 Å². The minimum absolute atomic E-state index is 0.638. The van der Waals surface area contributed by atoms with Crippen molar-refractivity contribution in [3.8, 4) is 5.75 Å². The number of fused-ring (bicyclic) bond motifs is 5. The predicted octanol–water partition coefficient (Wildman–Crippen LogP) is 3.88. The molecule has 1 aliphatic rings. The van der Waals surface area contributed by atoms with Crippen LogP contribution in [0, 0.1) is 0 Å². The molecule has 3 aromatic rings. The molecule has 0 atom stereocenters. The molecule has 92 valence electrons. The maximum Gasteiger partial charge on any atom is 0.134 e. The molecule has 0 fully saturated rings. The first-order valence-corrected chi connectivity index (χ1v) is 6.50. The Kier molecular flexibility index (Phi) is 2.27. The quantitative estimate of drug-likeness (QED) is 0.444. The molecule has 0 aliphatic carbocycles. The standard InChI is InChI=1S/C17H13NO/c1-2-7-14-12(5-1)8-9-15-16(14)18-11-13-6-3-4-10-19-17(13)15/h1-5,7-9,11H,6,10H2. The lowest BCUT2D eigenvalue weighted by molar-refractivity contribution is 0.367. The summed E-state index contributed by atoms with van der Waals surface area (Å²) in [5.74, 6) is 0.987. The normalized spacial score (nSPS) is 14.1. The van der Waals surface area contributed by atoms with Crippen molar-refractivity contribution in [3.63, 3.8) is 0 Å². The van der Waals surface area contributed by atoms with E-state index in [1.54, 1.807) is 0 Å². The third kappa shape index (κ3) is 1.60. The monoisotopic (exact) mass is 247 g/mol. The summed E-state index contributed by atoms with van der Waals surface area (Å²) in [4.78, 5) is 4.65. The number of hydrogen-bond acceptors (Lipinski definition) is 2. The van der Waals surface area contributed by atoms with Gasteiger partial charge < -0.3 is 4.74 Å². The van der Waals surface area contributed by atoms with Gasteiger partial charge in [0, 0.05) is 22.5 Å². The van der Waals surface area contributed by atoms with Crippen molar-refractivity contribution in [2.45, 2.75) is 6.42 Å². The molecule has 2 heterocycles.